The third kappa shape index (κ3) is 18.0. The lowest BCUT2D eigenvalue weighted by molar-refractivity contribution is -0.139. The maximum atomic E-state index is 14.5. The summed E-state index contributed by atoms with van der Waals surface area (Å²) in [5.41, 5.74) is -3.56. The van der Waals surface area contributed by atoms with E-state index in [9.17, 15) is 79.0 Å². The molecule has 1 unspecified atom stereocenters. The van der Waals surface area contributed by atoms with Crippen molar-refractivity contribution in [1.82, 2.24) is 75.4 Å². The number of benzene rings is 4. The van der Waals surface area contributed by atoms with E-state index in [1.807, 2.05) is 13.8 Å². The van der Waals surface area contributed by atoms with Gasteiger partial charge in [-0.15, -0.1) is 30.6 Å². The van der Waals surface area contributed by atoms with Gasteiger partial charge in [-0.2, -0.15) is 39.5 Å². The Morgan fingerprint density at radius 3 is 0.821 bits per heavy atom. The summed E-state index contributed by atoms with van der Waals surface area (Å²) in [4.78, 5) is 35.5. The normalized spacial score (nSPS) is 12.5. The largest absolute Gasteiger partial charge is 0.408 e. The first-order chi connectivity index (χ1) is 49.2. The summed E-state index contributed by atoms with van der Waals surface area (Å²) in [6.45, 7) is 10.9. The lowest BCUT2D eigenvalue weighted by Crippen LogP contribution is -2.33. The number of rotatable bonds is 12. The molecule has 0 saturated heterocycles. The van der Waals surface area contributed by atoms with Gasteiger partial charge < -0.3 is 21.3 Å². The quantitative estimate of drug-likeness (QED) is 0.0656. The Morgan fingerprint density at radius 2 is 0.557 bits per heavy atom. The second-order valence-electron chi connectivity index (χ2n) is 22.8. The number of anilines is 4. The molecule has 4 N–H and O–H groups in total. The summed E-state index contributed by atoms with van der Waals surface area (Å²) in [6.07, 6.45) is -8.11. The van der Waals surface area contributed by atoms with Crippen molar-refractivity contribution in [3.63, 3.8) is 0 Å². The molecule has 8 aromatic heterocycles. The van der Waals surface area contributed by atoms with Crippen LogP contribution < -0.4 is 21.3 Å². The van der Waals surface area contributed by atoms with Crippen molar-refractivity contribution >= 4 is 114 Å². The number of nitrogens with zero attached hydrogens (tertiary/aromatic N) is 15. The van der Waals surface area contributed by atoms with Crippen LogP contribution in [0.5, 0.6) is 0 Å². The average Bonchev–Trinajstić information content (AvgIpc) is 0.774. The molecule has 0 spiro atoms. The molecule has 12 aromatic rings. The molecule has 106 heavy (non-hydrogen) atoms. The maximum absolute atomic E-state index is 14.5. The van der Waals surface area contributed by atoms with Crippen LogP contribution in [0.25, 0.3) is 89.2 Å². The third-order valence-corrected chi connectivity index (χ3v) is 15.7. The summed E-state index contributed by atoms with van der Waals surface area (Å²) in [6, 6.07) is 1.12. The molecule has 0 aliphatic heterocycles. The van der Waals surface area contributed by atoms with Crippen LogP contribution in [0.4, 0.5) is 102 Å². The maximum Gasteiger partial charge on any atom is 0.408 e. The van der Waals surface area contributed by atoms with Crippen LogP contribution in [0.1, 0.15) is 58.7 Å². The van der Waals surface area contributed by atoms with Gasteiger partial charge in [0.25, 0.3) is 0 Å². The fourth-order valence-corrected chi connectivity index (χ4v) is 11.0. The van der Waals surface area contributed by atoms with Gasteiger partial charge in [0.15, 0.2) is 5.65 Å². The van der Waals surface area contributed by atoms with Crippen molar-refractivity contribution in [2.24, 2.45) is 0 Å². The van der Waals surface area contributed by atoms with E-state index in [0.717, 1.165) is 64.0 Å². The minimum Gasteiger partial charge on any atom is -0.380 e. The van der Waals surface area contributed by atoms with Crippen molar-refractivity contribution in [3.8, 4) is 44.5 Å². The number of nitrogens with one attached hydrogen (secondary N) is 4. The second-order valence-corrected chi connectivity index (χ2v) is 24.2. The summed E-state index contributed by atoms with van der Waals surface area (Å²) >= 11 is 24.4. The van der Waals surface area contributed by atoms with Crippen LogP contribution in [0, 0.1) is 73.1 Å². The summed E-state index contributed by atoms with van der Waals surface area (Å²) in [7, 11) is 0. The zero-order valence-electron chi connectivity index (χ0n) is 54.3. The van der Waals surface area contributed by atoms with Crippen LogP contribution >= 0.6 is 46.4 Å². The number of hydrogen-bond donors (Lipinski definition) is 4. The van der Waals surface area contributed by atoms with E-state index in [-0.39, 0.29) is 85.7 Å². The lowest BCUT2D eigenvalue weighted by atomic mass is 10.0. The number of halogens is 22. The Kier molecular flexibility index (Phi) is 25.0. The first-order valence-corrected chi connectivity index (χ1v) is 31.3. The lowest BCUT2D eigenvalue weighted by Gasteiger charge is -2.22. The summed E-state index contributed by atoms with van der Waals surface area (Å²) < 4.78 is 246. The van der Waals surface area contributed by atoms with Gasteiger partial charge in [0.1, 0.15) is 132 Å². The van der Waals surface area contributed by atoms with E-state index in [0.29, 0.717) is 45.7 Å². The molecular weight excluding hydrogens is 1530 g/mol. The van der Waals surface area contributed by atoms with Crippen molar-refractivity contribution in [2.45, 2.75) is 106 Å². The van der Waals surface area contributed by atoms with Gasteiger partial charge in [-0.25, -0.2) is 84.4 Å². The first kappa shape index (κ1) is 81.4. The molecule has 0 aliphatic rings. The number of fused-ring (bicyclic) bond motifs is 4. The van der Waals surface area contributed by atoms with Crippen molar-refractivity contribution in [3.05, 3.63) is 170 Å². The zero-order valence-corrected chi connectivity index (χ0v) is 57.4. The van der Waals surface area contributed by atoms with Crippen molar-refractivity contribution in [2.75, 3.05) is 21.3 Å². The SMILES string of the molecule is C.CC(Nc1c(-c2c(F)cc(F)cc2F)c(Cl)nc2nncnc12)C(F)(F)F.Cc1cc(F)c(-c2c(Cl)nc3nccnc3c2NC(C)C)c(F)c1.Cc1cc(F)c(-c2c(Cl)nc3nncnc3c2N[C@@H](C)C(F)(F)F)c(F)c1.Cc1cc(F)c(-c2c(Cl)nc3nncnc3c2N[C@H](C)C(F)(F)F)c(F)c1. The smallest absolute Gasteiger partial charge is 0.380 e. The number of pyridine rings is 4. The highest BCUT2D eigenvalue weighted by Gasteiger charge is 2.41. The van der Waals surface area contributed by atoms with Crippen LogP contribution in [-0.4, -0.2) is 118 Å². The fourth-order valence-electron chi connectivity index (χ4n) is 9.89. The van der Waals surface area contributed by atoms with E-state index < -0.39 is 132 Å². The van der Waals surface area contributed by atoms with Gasteiger partial charge in [-0.1, -0.05) is 53.8 Å². The molecule has 0 bridgehead atoms. The van der Waals surface area contributed by atoms with Crippen molar-refractivity contribution < 1.29 is 79.0 Å². The summed E-state index contributed by atoms with van der Waals surface area (Å²) in [5, 5.41) is 29.5. The third-order valence-electron chi connectivity index (χ3n) is 14.6. The highest BCUT2D eigenvalue weighted by atomic mass is 35.5. The number of alkyl halides is 9. The topological polar surface area (TPSA) is 241 Å². The van der Waals surface area contributed by atoms with Gasteiger partial charge in [0, 0.05) is 30.6 Å². The molecule has 0 fully saturated rings. The van der Waals surface area contributed by atoms with E-state index in [4.69, 9.17) is 46.4 Å². The predicted octanol–water partition coefficient (Wildman–Crippen LogP) is 19.3. The van der Waals surface area contributed by atoms with E-state index in [2.05, 4.69) is 96.7 Å². The molecule has 0 radical (unpaired) electrons. The summed E-state index contributed by atoms with van der Waals surface area (Å²) in [5.74, 6) is -9.36. The van der Waals surface area contributed by atoms with E-state index in [1.165, 1.54) is 38.4 Å². The average molecular weight is 1580 g/mol. The van der Waals surface area contributed by atoms with E-state index in [1.54, 1.807) is 6.92 Å². The molecule has 12 rings (SSSR count). The van der Waals surface area contributed by atoms with Gasteiger partial charge in [-0.05, 0) is 108 Å². The molecule has 0 amide bonds. The Labute approximate surface area is 606 Å². The van der Waals surface area contributed by atoms with Crippen LogP contribution in [-0.2, 0) is 0 Å². The van der Waals surface area contributed by atoms with Crippen LogP contribution in [0.2, 0.25) is 20.6 Å². The predicted molar refractivity (Wildman–Crippen MR) is 361 cm³/mol. The minimum atomic E-state index is -4.69. The molecule has 558 valence electrons. The van der Waals surface area contributed by atoms with E-state index >= 15 is 0 Å². The molecule has 19 nitrogen and oxygen atoms in total. The van der Waals surface area contributed by atoms with Gasteiger partial charge in [-0.3, -0.25) is 0 Å². The molecule has 41 heteroatoms. The van der Waals surface area contributed by atoms with Gasteiger partial charge >= 0.3 is 18.5 Å². The molecular formula is C65H49Cl4F18N19. The van der Waals surface area contributed by atoms with Gasteiger partial charge in [0.05, 0.1) is 67.3 Å². The van der Waals surface area contributed by atoms with Gasteiger partial charge in [0.2, 0.25) is 16.9 Å². The second kappa shape index (κ2) is 32.6. The minimum absolute atomic E-state index is 0. The Morgan fingerprint density at radius 1 is 0.321 bits per heavy atom. The highest BCUT2D eigenvalue weighted by Crippen LogP contribution is 2.47. The molecule has 0 saturated carbocycles. The molecule has 0 aliphatic carbocycles. The monoisotopic (exact) mass is 1580 g/mol. The zero-order chi connectivity index (χ0) is 77.2. The van der Waals surface area contributed by atoms with Crippen LogP contribution in [0.3, 0.4) is 0 Å². The Bertz CT molecular complexity index is 4810. The Balaban J connectivity index is 0.000000178. The van der Waals surface area contributed by atoms with Crippen molar-refractivity contribution in [1.29, 1.82) is 0 Å². The highest BCUT2D eigenvalue weighted by molar-refractivity contribution is 6.35. The first-order valence-electron chi connectivity index (χ1n) is 29.8. The molecule has 3 atom stereocenters. The standard InChI is InChI=1S/C17H15ClF2N4.2C16H11ClF5N5.C15H8ClF6N5.CH4/c1-8(2)23-14-13(12-10(19)6-9(3)7-11(12)20)16(18)24-17-15(14)21-4-5-22-17;2*1-6-3-8(18)10(9(19)4-6)11-12(25-7(2)16(20,21)22)13-15(26-14(11)17)27-24-5-23-13;1-5(15(20,21)22)25-11-10(9-7(18)2-6(17)3-8(9)19)13(16)26-14-12(11)23-4-24-27-14;/h4-8H,1-3H3,(H,22,23,24);2*3-5,7H,1-2H3,(H,25,26,27);2-5H,1H3,(H,25,26,27);1H4/t;2*7-;;/m.10../s1. The molecule has 4 aromatic carbocycles. The fraction of sp³-hybridized carbons (Fsp3) is 0.246. The molecule has 8 heterocycles. The number of aryl methyl sites for hydroxylation is 3. The number of aromatic nitrogens is 15. The number of hydrogen-bond acceptors (Lipinski definition) is 19. The van der Waals surface area contributed by atoms with Crippen LogP contribution in [0.15, 0.2) is 79.9 Å². The Hall–Kier alpha value is -10.3.